The molecule has 170 valence electrons. The predicted molar refractivity (Wildman–Crippen MR) is 142 cm³/mol. The van der Waals surface area contributed by atoms with E-state index in [2.05, 4.69) is 79.7 Å². The number of anilines is 1. The van der Waals surface area contributed by atoms with Crippen molar-refractivity contribution >= 4 is 60.7 Å². The van der Waals surface area contributed by atoms with E-state index in [1.54, 1.807) is 19.2 Å². The first-order valence-electron chi connectivity index (χ1n) is 10.6. The molecule has 0 amide bonds. The molecule has 0 saturated heterocycles. The molecule has 3 atom stereocenters. The maximum absolute atomic E-state index is 6.32. The highest BCUT2D eigenvalue weighted by Crippen LogP contribution is 2.52. The molecule has 33 heavy (non-hydrogen) atoms. The molecule has 1 aliphatic carbocycles. The van der Waals surface area contributed by atoms with Gasteiger partial charge in [-0.1, -0.05) is 53.6 Å². The Bertz CT molecular complexity index is 1250. The molecule has 7 heteroatoms. The van der Waals surface area contributed by atoms with E-state index in [4.69, 9.17) is 32.7 Å². The molecule has 1 aliphatic heterocycles. The van der Waals surface area contributed by atoms with Crippen molar-refractivity contribution in [2.75, 3.05) is 12.4 Å². The molecule has 3 aromatic rings. The highest BCUT2D eigenvalue weighted by molar-refractivity contribution is 9.11. The van der Waals surface area contributed by atoms with Crippen LogP contribution in [0.5, 0.6) is 11.5 Å². The molecule has 0 saturated carbocycles. The number of para-hydroxylation sites is 1. The van der Waals surface area contributed by atoms with Crippen molar-refractivity contribution < 1.29 is 9.47 Å². The van der Waals surface area contributed by atoms with Gasteiger partial charge in [0.1, 0.15) is 6.61 Å². The van der Waals surface area contributed by atoms with Gasteiger partial charge in [-0.2, -0.15) is 0 Å². The summed E-state index contributed by atoms with van der Waals surface area (Å²) in [6.45, 7) is 0.306. The van der Waals surface area contributed by atoms with Crippen molar-refractivity contribution in [3.05, 3.63) is 96.4 Å². The van der Waals surface area contributed by atoms with Crippen molar-refractivity contribution in [3.63, 3.8) is 0 Å². The molecule has 0 bridgehead atoms. The smallest absolute Gasteiger partial charge is 0.175 e. The normalized spacial score (nSPS) is 20.7. The lowest BCUT2D eigenvalue weighted by atomic mass is 9.77. The SMILES string of the molecule is COc1cc([C@@H]2Nc3c(Br)cccc3[C@H]3C=CC[C@@H]32)cc(Br)c1OCc1ccc(Cl)cc1Cl. The van der Waals surface area contributed by atoms with Gasteiger partial charge in [-0.3, -0.25) is 0 Å². The molecule has 3 nitrogen and oxygen atoms in total. The average molecular weight is 610 g/mol. The lowest BCUT2D eigenvalue weighted by Gasteiger charge is -2.38. The predicted octanol–water partition coefficient (Wildman–Crippen LogP) is 8.93. The largest absolute Gasteiger partial charge is 0.493 e. The van der Waals surface area contributed by atoms with Crippen LogP contribution < -0.4 is 14.8 Å². The number of rotatable bonds is 5. The molecule has 5 rings (SSSR count). The van der Waals surface area contributed by atoms with Gasteiger partial charge in [-0.25, -0.2) is 0 Å². The number of fused-ring (bicyclic) bond motifs is 3. The third-order valence-corrected chi connectivity index (χ3v) is 8.18. The molecule has 3 aromatic carbocycles. The molecular formula is C26H21Br2Cl2NO2. The summed E-state index contributed by atoms with van der Waals surface area (Å²) in [6, 6.07) is 16.1. The summed E-state index contributed by atoms with van der Waals surface area (Å²) < 4.78 is 13.8. The van der Waals surface area contributed by atoms with Gasteiger partial charge in [0.2, 0.25) is 0 Å². The summed E-state index contributed by atoms with van der Waals surface area (Å²) in [5.41, 5.74) is 4.50. The van der Waals surface area contributed by atoms with Gasteiger partial charge in [0.25, 0.3) is 0 Å². The molecular weight excluding hydrogens is 589 g/mol. The third-order valence-electron chi connectivity index (χ3n) is 6.34. The van der Waals surface area contributed by atoms with E-state index in [1.807, 2.05) is 6.07 Å². The van der Waals surface area contributed by atoms with Gasteiger partial charge >= 0.3 is 0 Å². The van der Waals surface area contributed by atoms with Crippen LogP contribution in [0.3, 0.4) is 0 Å². The zero-order chi connectivity index (χ0) is 23.1. The second-order valence-corrected chi connectivity index (χ2v) is 10.8. The standard InChI is InChI=1S/C26H21Br2Cl2NO2/c1-32-23-11-15(10-21(28)26(23)33-13-14-8-9-16(29)12-22(14)30)24-18-5-2-4-17(18)19-6-3-7-20(27)25(19)31-24/h2-4,6-12,17-18,24,31H,5,13H2,1H3/t17-,18-,24-/m0/s1. The van der Waals surface area contributed by atoms with Gasteiger partial charge in [0, 0.05) is 26.0 Å². The van der Waals surface area contributed by atoms with Gasteiger partial charge in [0.15, 0.2) is 11.5 Å². The van der Waals surface area contributed by atoms with Crippen molar-refractivity contribution in [2.24, 2.45) is 5.92 Å². The fourth-order valence-electron chi connectivity index (χ4n) is 4.76. The van der Waals surface area contributed by atoms with Crippen LogP contribution in [-0.2, 0) is 6.61 Å². The summed E-state index contributed by atoms with van der Waals surface area (Å²) >= 11 is 19.8. The average Bonchev–Trinajstić information content (AvgIpc) is 3.29. The zero-order valence-corrected chi connectivity index (χ0v) is 22.4. The van der Waals surface area contributed by atoms with Crippen LogP contribution in [0.15, 0.2) is 69.6 Å². The summed E-state index contributed by atoms with van der Waals surface area (Å²) in [6.07, 6.45) is 5.66. The number of allylic oxidation sites excluding steroid dienone is 2. The summed E-state index contributed by atoms with van der Waals surface area (Å²) in [4.78, 5) is 0. The fraction of sp³-hybridized carbons (Fsp3) is 0.231. The monoisotopic (exact) mass is 607 g/mol. The van der Waals surface area contributed by atoms with Crippen LogP contribution in [0.2, 0.25) is 10.0 Å². The van der Waals surface area contributed by atoms with Crippen LogP contribution in [0.4, 0.5) is 5.69 Å². The molecule has 0 spiro atoms. The summed E-state index contributed by atoms with van der Waals surface area (Å²) in [5.74, 6) is 2.14. The van der Waals surface area contributed by atoms with Gasteiger partial charge in [-0.05, 0) is 85.7 Å². The van der Waals surface area contributed by atoms with Crippen LogP contribution in [-0.4, -0.2) is 7.11 Å². The van der Waals surface area contributed by atoms with Gasteiger partial charge < -0.3 is 14.8 Å². The highest BCUT2D eigenvalue weighted by atomic mass is 79.9. The molecule has 0 radical (unpaired) electrons. The van der Waals surface area contributed by atoms with Crippen molar-refractivity contribution in [1.29, 1.82) is 0 Å². The van der Waals surface area contributed by atoms with Crippen molar-refractivity contribution in [1.82, 2.24) is 0 Å². The lowest BCUT2D eigenvalue weighted by molar-refractivity contribution is 0.282. The lowest BCUT2D eigenvalue weighted by Crippen LogP contribution is -2.29. The maximum atomic E-state index is 6.32. The summed E-state index contributed by atoms with van der Waals surface area (Å²) in [5, 5.41) is 4.96. The summed E-state index contributed by atoms with van der Waals surface area (Å²) in [7, 11) is 1.66. The highest BCUT2D eigenvalue weighted by Gasteiger charge is 2.39. The minimum atomic E-state index is 0.140. The number of ether oxygens (including phenoxy) is 2. The second kappa shape index (κ2) is 9.53. The minimum absolute atomic E-state index is 0.140. The third kappa shape index (κ3) is 4.41. The molecule has 0 aromatic heterocycles. The Hall–Kier alpha value is -1.66. The molecule has 0 fully saturated rings. The Morgan fingerprint density at radius 1 is 1.06 bits per heavy atom. The molecule has 1 N–H and O–H groups in total. The van der Waals surface area contributed by atoms with Crippen LogP contribution in [0, 0.1) is 5.92 Å². The van der Waals surface area contributed by atoms with Crippen molar-refractivity contribution in [3.8, 4) is 11.5 Å². The number of hydrogen-bond acceptors (Lipinski definition) is 3. The number of halogens is 4. The first-order chi connectivity index (χ1) is 16.0. The Labute approximate surface area is 220 Å². The molecule has 1 heterocycles. The molecule has 2 aliphatic rings. The quantitative estimate of drug-likeness (QED) is 0.293. The topological polar surface area (TPSA) is 30.5 Å². The number of hydrogen-bond donors (Lipinski definition) is 1. The Morgan fingerprint density at radius 2 is 1.91 bits per heavy atom. The van der Waals surface area contributed by atoms with E-state index in [1.165, 1.54) is 5.56 Å². The van der Waals surface area contributed by atoms with Crippen LogP contribution >= 0.6 is 55.1 Å². The van der Waals surface area contributed by atoms with E-state index < -0.39 is 0 Å². The number of nitrogens with one attached hydrogen (secondary N) is 1. The molecule has 0 unspecified atom stereocenters. The first-order valence-corrected chi connectivity index (χ1v) is 13.0. The fourth-order valence-corrected chi connectivity index (χ4v) is 6.29. The number of methoxy groups -OCH3 is 1. The van der Waals surface area contributed by atoms with Crippen molar-refractivity contribution in [2.45, 2.75) is 25.0 Å². The minimum Gasteiger partial charge on any atom is -0.493 e. The maximum Gasteiger partial charge on any atom is 0.175 e. The zero-order valence-electron chi connectivity index (χ0n) is 17.7. The van der Waals surface area contributed by atoms with E-state index in [9.17, 15) is 0 Å². The Morgan fingerprint density at radius 3 is 2.70 bits per heavy atom. The van der Waals surface area contributed by atoms with E-state index in [0.29, 0.717) is 40.0 Å². The van der Waals surface area contributed by atoms with E-state index in [-0.39, 0.29) is 6.04 Å². The second-order valence-electron chi connectivity index (χ2n) is 8.24. The van der Waals surface area contributed by atoms with Crippen LogP contribution in [0.1, 0.15) is 35.1 Å². The Kier molecular flexibility index (Phi) is 6.67. The van der Waals surface area contributed by atoms with Crippen LogP contribution in [0.25, 0.3) is 0 Å². The van der Waals surface area contributed by atoms with Gasteiger partial charge in [0.05, 0.1) is 23.3 Å². The Balaban J connectivity index is 1.46. The number of benzene rings is 3. The van der Waals surface area contributed by atoms with Gasteiger partial charge in [-0.15, -0.1) is 0 Å². The first kappa shape index (κ1) is 23.1. The van der Waals surface area contributed by atoms with E-state index >= 15 is 0 Å². The van der Waals surface area contributed by atoms with E-state index in [0.717, 1.165) is 32.2 Å².